The first kappa shape index (κ1) is 23.3. The van der Waals surface area contributed by atoms with Gasteiger partial charge in [-0.3, -0.25) is 4.79 Å². The molecule has 0 N–H and O–H groups in total. The summed E-state index contributed by atoms with van der Waals surface area (Å²) in [5, 5.41) is 0.302. The molecule has 166 valence electrons. The highest BCUT2D eigenvalue weighted by atomic mass is 35.5. The van der Waals surface area contributed by atoms with E-state index in [1.807, 2.05) is 25.7 Å². The van der Waals surface area contributed by atoms with E-state index in [-0.39, 0.29) is 20.2 Å². The van der Waals surface area contributed by atoms with Crippen molar-refractivity contribution in [1.29, 1.82) is 0 Å². The van der Waals surface area contributed by atoms with Crippen molar-refractivity contribution < 1.29 is 12.8 Å². The van der Waals surface area contributed by atoms with Gasteiger partial charge in [0.25, 0.3) is 0 Å². The van der Waals surface area contributed by atoms with E-state index in [2.05, 4.69) is 0 Å². The number of hydrogen-bond acceptors (Lipinski definition) is 4. The van der Waals surface area contributed by atoms with Gasteiger partial charge in [0.15, 0.2) is 0 Å². The van der Waals surface area contributed by atoms with Gasteiger partial charge < -0.3 is 9.47 Å². The van der Waals surface area contributed by atoms with Crippen molar-refractivity contribution in [3.63, 3.8) is 0 Å². The smallest absolute Gasteiger partial charge is 0.211 e. The fourth-order valence-corrected chi connectivity index (χ4v) is 5.31. The first-order chi connectivity index (χ1) is 14.7. The van der Waals surface area contributed by atoms with Crippen LogP contribution in [-0.4, -0.2) is 26.1 Å². The number of fused-ring (bicyclic) bond motifs is 1. The molecule has 0 radical (unpaired) electrons. The SMILES string of the molecule is CCCCn1cc(S(=O)(=O)c2cccc(Cl)c2)c(=O)c2cc(F)c(N(CC)CC)cc21. The summed E-state index contributed by atoms with van der Waals surface area (Å²) < 4.78 is 43.2. The van der Waals surface area contributed by atoms with Crippen LogP contribution < -0.4 is 10.3 Å². The number of rotatable bonds is 8. The normalized spacial score (nSPS) is 11.8. The van der Waals surface area contributed by atoms with Crippen LogP contribution in [0.3, 0.4) is 0 Å². The molecule has 0 aliphatic carbocycles. The van der Waals surface area contributed by atoms with E-state index in [1.54, 1.807) is 16.7 Å². The second-order valence-corrected chi connectivity index (χ2v) is 9.68. The van der Waals surface area contributed by atoms with Crippen LogP contribution in [0.2, 0.25) is 5.02 Å². The maximum atomic E-state index is 15.0. The third kappa shape index (κ3) is 4.48. The molecule has 3 aromatic rings. The number of sulfone groups is 1. The van der Waals surface area contributed by atoms with Crippen molar-refractivity contribution in [3.05, 3.63) is 63.7 Å². The third-order valence-electron chi connectivity index (χ3n) is 5.37. The number of aromatic nitrogens is 1. The average molecular weight is 465 g/mol. The first-order valence-electron chi connectivity index (χ1n) is 10.4. The maximum absolute atomic E-state index is 15.0. The molecule has 0 spiro atoms. The van der Waals surface area contributed by atoms with Crippen molar-refractivity contribution in [1.82, 2.24) is 4.57 Å². The van der Waals surface area contributed by atoms with Gasteiger partial charge in [-0.15, -0.1) is 0 Å². The highest BCUT2D eigenvalue weighted by molar-refractivity contribution is 7.91. The Morgan fingerprint density at radius 1 is 1.10 bits per heavy atom. The van der Waals surface area contributed by atoms with Gasteiger partial charge in [0.1, 0.15) is 10.7 Å². The van der Waals surface area contributed by atoms with Crippen LogP contribution in [0.25, 0.3) is 10.9 Å². The van der Waals surface area contributed by atoms with E-state index in [0.717, 1.165) is 18.9 Å². The molecule has 0 unspecified atom stereocenters. The van der Waals surface area contributed by atoms with Crippen LogP contribution in [0, 0.1) is 5.82 Å². The molecule has 0 saturated carbocycles. The van der Waals surface area contributed by atoms with Crippen LogP contribution in [0.15, 0.2) is 57.2 Å². The van der Waals surface area contributed by atoms with Crippen molar-refractivity contribution in [2.24, 2.45) is 0 Å². The molecule has 5 nitrogen and oxygen atoms in total. The van der Waals surface area contributed by atoms with E-state index in [0.29, 0.717) is 30.8 Å². The summed E-state index contributed by atoms with van der Waals surface area (Å²) >= 11 is 5.97. The minimum atomic E-state index is -4.13. The molecular weight excluding hydrogens is 439 g/mol. The van der Waals surface area contributed by atoms with Gasteiger partial charge >= 0.3 is 0 Å². The fraction of sp³-hybridized carbons (Fsp3) is 0.348. The summed E-state index contributed by atoms with van der Waals surface area (Å²) in [6, 6.07) is 8.58. The van der Waals surface area contributed by atoms with Gasteiger partial charge in [0.05, 0.1) is 21.5 Å². The molecule has 0 atom stereocenters. The summed E-state index contributed by atoms with van der Waals surface area (Å²) in [4.78, 5) is 14.6. The molecule has 0 saturated heterocycles. The van der Waals surface area contributed by atoms with E-state index in [9.17, 15) is 17.6 Å². The molecule has 0 amide bonds. The topological polar surface area (TPSA) is 59.4 Å². The zero-order chi connectivity index (χ0) is 22.8. The second kappa shape index (κ2) is 9.40. The molecule has 0 aliphatic heterocycles. The lowest BCUT2D eigenvalue weighted by Crippen LogP contribution is -2.24. The van der Waals surface area contributed by atoms with Gasteiger partial charge in [-0.25, -0.2) is 12.8 Å². The van der Waals surface area contributed by atoms with Crippen molar-refractivity contribution in [3.8, 4) is 0 Å². The number of aryl methyl sites for hydroxylation is 1. The molecular formula is C23H26ClFN2O3S. The van der Waals surface area contributed by atoms with E-state index in [1.165, 1.54) is 24.4 Å². The summed E-state index contributed by atoms with van der Waals surface area (Å²) in [5.74, 6) is -0.548. The van der Waals surface area contributed by atoms with Crippen LogP contribution in [0.4, 0.5) is 10.1 Å². The van der Waals surface area contributed by atoms with Crippen molar-refractivity contribution in [2.45, 2.75) is 49.9 Å². The Morgan fingerprint density at radius 3 is 2.42 bits per heavy atom. The molecule has 3 rings (SSSR count). The molecule has 2 aromatic carbocycles. The van der Waals surface area contributed by atoms with Gasteiger partial charge in [0.2, 0.25) is 15.3 Å². The predicted molar refractivity (Wildman–Crippen MR) is 124 cm³/mol. The monoisotopic (exact) mass is 464 g/mol. The summed E-state index contributed by atoms with van der Waals surface area (Å²) in [7, 11) is -4.13. The number of pyridine rings is 1. The van der Waals surface area contributed by atoms with Gasteiger partial charge in [-0.1, -0.05) is 31.0 Å². The zero-order valence-corrected chi connectivity index (χ0v) is 19.4. The maximum Gasteiger partial charge on any atom is 0.211 e. The van der Waals surface area contributed by atoms with Gasteiger partial charge in [-0.2, -0.15) is 0 Å². The summed E-state index contributed by atoms with van der Waals surface area (Å²) in [6.07, 6.45) is 3.04. The third-order valence-corrected chi connectivity index (χ3v) is 7.35. The average Bonchev–Trinajstić information content (AvgIpc) is 2.74. The zero-order valence-electron chi connectivity index (χ0n) is 17.9. The van der Waals surface area contributed by atoms with Crippen LogP contribution in [0.5, 0.6) is 0 Å². The Kier molecular flexibility index (Phi) is 7.06. The predicted octanol–water partition coefficient (Wildman–Crippen LogP) is 5.27. The van der Waals surface area contributed by atoms with Gasteiger partial charge in [-0.05, 0) is 50.6 Å². The van der Waals surface area contributed by atoms with E-state index < -0.39 is 21.1 Å². The number of unbranched alkanes of at least 4 members (excludes halogenated alkanes) is 1. The lowest BCUT2D eigenvalue weighted by Gasteiger charge is -2.23. The van der Waals surface area contributed by atoms with Crippen LogP contribution in [-0.2, 0) is 16.4 Å². The fourth-order valence-electron chi connectivity index (χ4n) is 3.65. The summed E-state index contributed by atoms with van der Waals surface area (Å²) in [5.41, 5.74) is 0.201. The van der Waals surface area contributed by atoms with Gasteiger partial charge in [0, 0.05) is 30.9 Å². The van der Waals surface area contributed by atoms with Crippen LogP contribution in [0.1, 0.15) is 33.6 Å². The Balaban J connectivity index is 2.33. The standard InChI is InChI=1S/C23H26ClFN2O3S/c1-4-7-11-27-15-22(31(29,30)17-10-8-9-16(24)12-17)23(28)18-13-19(25)21(14-20(18)27)26(5-2)6-3/h8-10,12-15H,4-7,11H2,1-3H3. The highest BCUT2D eigenvalue weighted by Crippen LogP contribution is 2.28. The minimum Gasteiger partial charge on any atom is -0.370 e. The van der Waals surface area contributed by atoms with E-state index in [4.69, 9.17) is 11.6 Å². The second-order valence-electron chi connectivity index (χ2n) is 7.32. The van der Waals surface area contributed by atoms with Crippen molar-refractivity contribution >= 4 is 38.0 Å². The Hall–Kier alpha value is -2.38. The Bertz CT molecular complexity index is 1270. The first-order valence-corrected chi connectivity index (χ1v) is 12.2. The number of hydrogen-bond donors (Lipinski definition) is 0. The molecule has 1 aromatic heterocycles. The highest BCUT2D eigenvalue weighted by Gasteiger charge is 2.25. The van der Waals surface area contributed by atoms with E-state index >= 15 is 0 Å². The van der Waals surface area contributed by atoms with Crippen molar-refractivity contribution in [2.75, 3.05) is 18.0 Å². The largest absolute Gasteiger partial charge is 0.370 e. The lowest BCUT2D eigenvalue weighted by molar-refractivity contribution is 0.590. The molecule has 0 fully saturated rings. The number of anilines is 1. The molecule has 1 heterocycles. The summed E-state index contributed by atoms with van der Waals surface area (Å²) in [6.45, 7) is 7.61. The quantitative estimate of drug-likeness (QED) is 0.455. The van der Waals surface area contributed by atoms with Crippen LogP contribution >= 0.6 is 11.6 Å². The Labute approximate surface area is 187 Å². The lowest BCUT2D eigenvalue weighted by atomic mass is 10.1. The molecule has 8 heteroatoms. The molecule has 0 aliphatic rings. The molecule has 0 bridgehead atoms. The number of nitrogens with zero attached hydrogens (tertiary/aromatic N) is 2. The Morgan fingerprint density at radius 2 is 1.81 bits per heavy atom. The minimum absolute atomic E-state index is 0.0487. The number of halogens is 2. The molecule has 31 heavy (non-hydrogen) atoms. The number of benzene rings is 2.